The Morgan fingerprint density at radius 2 is 0.628 bits per heavy atom. The van der Waals surface area contributed by atoms with Crippen LogP contribution in [0.3, 0.4) is 0 Å². The lowest BCUT2D eigenvalue weighted by Crippen LogP contribution is -2.05. The van der Waals surface area contributed by atoms with Gasteiger partial charge in [-0.1, -0.05) is 54.6 Å². The summed E-state index contributed by atoms with van der Waals surface area (Å²) in [7, 11) is 0. The first-order chi connectivity index (χ1) is 21.1. The Labute approximate surface area is 243 Å². The van der Waals surface area contributed by atoms with Crippen molar-refractivity contribution in [3.8, 4) is 0 Å². The number of rotatable bonds is 9. The molecule has 12 heteroatoms. The van der Waals surface area contributed by atoms with Gasteiger partial charge in [-0.3, -0.25) is 0 Å². The highest BCUT2D eigenvalue weighted by atomic mass is 16.1. The van der Waals surface area contributed by atoms with Crippen molar-refractivity contribution in [3.63, 3.8) is 0 Å². The number of carbonyl (C=O) groups excluding carboxylic acids is 6. The molecule has 0 unspecified atom stereocenters. The van der Waals surface area contributed by atoms with E-state index in [9.17, 15) is 28.8 Å². The van der Waals surface area contributed by atoms with Crippen LogP contribution in [-0.2, 0) is 28.8 Å². The zero-order chi connectivity index (χ0) is 30.9. The van der Waals surface area contributed by atoms with Crippen molar-refractivity contribution in [2.75, 3.05) is 0 Å². The van der Waals surface area contributed by atoms with Crippen LogP contribution in [-0.4, -0.2) is 36.5 Å². The van der Waals surface area contributed by atoms with E-state index >= 15 is 0 Å². The van der Waals surface area contributed by atoms with E-state index in [-0.39, 0.29) is 17.1 Å². The molecule has 0 fully saturated rings. The van der Waals surface area contributed by atoms with Gasteiger partial charge in [-0.25, -0.2) is 28.8 Å². The van der Waals surface area contributed by atoms with E-state index in [0.717, 1.165) is 0 Å². The van der Waals surface area contributed by atoms with Crippen molar-refractivity contribution >= 4 is 70.6 Å². The molecule has 0 N–H and O–H groups in total. The number of aliphatic imine (C=N–C) groups is 6. The van der Waals surface area contributed by atoms with E-state index in [0.29, 0.717) is 33.8 Å². The number of para-hydroxylation sites is 3. The Morgan fingerprint density at radius 1 is 0.372 bits per heavy atom. The SMILES string of the molecule is O=C=Nc1cc(N=C=O)cc(N=C=O)c1.O=C=Nc1ccccc1C(c1ccccc1N=C=O)c1ccccc1N=C=O. The molecule has 0 saturated carbocycles. The van der Waals surface area contributed by atoms with E-state index in [1.807, 2.05) is 36.4 Å². The van der Waals surface area contributed by atoms with E-state index in [4.69, 9.17) is 0 Å². The molecule has 0 atom stereocenters. The average Bonchev–Trinajstić information content (AvgIpc) is 3.01. The molecule has 0 bridgehead atoms. The normalized spacial score (nSPS) is 9.77. The second-order valence-corrected chi connectivity index (χ2v) is 8.04. The van der Waals surface area contributed by atoms with Gasteiger partial charge in [0.15, 0.2) is 0 Å². The first kappa shape index (κ1) is 30.7. The minimum absolute atomic E-state index is 0.190. The number of nitrogens with zero attached hydrogens (tertiary/aromatic N) is 6. The van der Waals surface area contributed by atoms with Crippen molar-refractivity contribution in [2.45, 2.75) is 5.92 Å². The Kier molecular flexibility index (Phi) is 11.6. The van der Waals surface area contributed by atoms with Crippen molar-refractivity contribution in [3.05, 3.63) is 108 Å². The highest BCUT2D eigenvalue weighted by Gasteiger charge is 2.24. The summed E-state index contributed by atoms with van der Waals surface area (Å²) in [5, 5.41) is 0. The minimum atomic E-state index is -0.505. The predicted octanol–water partition coefficient (Wildman–Crippen LogP) is 6.36. The molecule has 4 rings (SSSR count). The molecule has 0 spiro atoms. The van der Waals surface area contributed by atoms with Gasteiger partial charge in [-0.05, 0) is 53.1 Å². The molecule has 0 aliphatic heterocycles. The third kappa shape index (κ3) is 8.32. The summed E-state index contributed by atoms with van der Waals surface area (Å²) in [4.78, 5) is 84.2. The predicted molar refractivity (Wildman–Crippen MR) is 153 cm³/mol. The molecule has 0 saturated heterocycles. The molecule has 0 aliphatic rings. The maximum atomic E-state index is 10.9. The highest BCUT2D eigenvalue weighted by Crippen LogP contribution is 2.43. The van der Waals surface area contributed by atoms with Gasteiger partial charge in [0.25, 0.3) is 0 Å². The fraction of sp³-hybridized carbons (Fsp3) is 0.0323. The van der Waals surface area contributed by atoms with Crippen LogP contribution < -0.4 is 0 Å². The van der Waals surface area contributed by atoms with Gasteiger partial charge >= 0.3 is 0 Å². The lowest BCUT2D eigenvalue weighted by molar-refractivity contribution is 0.564. The summed E-state index contributed by atoms with van der Waals surface area (Å²) in [6, 6.07) is 25.2. The number of hydrogen-bond acceptors (Lipinski definition) is 12. The second-order valence-electron chi connectivity index (χ2n) is 8.04. The average molecular weight is 569 g/mol. The van der Waals surface area contributed by atoms with E-state index < -0.39 is 5.92 Å². The summed E-state index contributed by atoms with van der Waals surface area (Å²) >= 11 is 0. The Bertz CT molecular complexity index is 1700. The molecule has 0 radical (unpaired) electrons. The van der Waals surface area contributed by atoms with Crippen LogP contribution in [0.2, 0.25) is 0 Å². The van der Waals surface area contributed by atoms with Crippen molar-refractivity contribution in [2.24, 2.45) is 30.0 Å². The standard InChI is InChI=1S/C22H13N3O3.C9H3N3O3/c26-13-23-19-10-4-1-7-16(19)22(17-8-2-5-11-20(17)24-14-27)18-9-3-6-12-21(18)25-15-28;13-4-10-7-1-8(11-5-14)3-9(2-7)12-6-15/h1-12,22H;1-3H. The van der Waals surface area contributed by atoms with Gasteiger partial charge in [-0.2, -0.15) is 30.0 Å². The second kappa shape index (κ2) is 16.3. The largest absolute Gasteiger partial charge is 0.240 e. The maximum Gasteiger partial charge on any atom is 0.240 e. The molecule has 12 nitrogen and oxygen atoms in total. The highest BCUT2D eigenvalue weighted by molar-refractivity contribution is 5.69. The molecule has 43 heavy (non-hydrogen) atoms. The van der Waals surface area contributed by atoms with Crippen molar-refractivity contribution in [1.29, 1.82) is 0 Å². The van der Waals surface area contributed by atoms with Gasteiger partial charge < -0.3 is 0 Å². The molecule has 206 valence electrons. The van der Waals surface area contributed by atoms with Crippen LogP contribution in [0.25, 0.3) is 0 Å². The smallest absolute Gasteiger partial charge is 0.211 e. The molecule has 0 amide bonds. The van der Waals surface area contributed by atoms with Gasteiger partial charge in [0, 0.05) is 5.92 Å². The Morgan fingerprint density at radius 3 is 0.884 bits per heavy atom. The van der Waals surface area contributed by atoms with Crippen molar-refractivity contribution in [1.82, 2.24) is 0 Å². The summed E-state index contributed by atoms with van der Waals surface area (Å²) in [6.45, 7) is 0. The first-order valence-corrected chi connectivity index (χ1v) is 12.0. The van der Waals surface area contributed by atoms with Crippen LogP contribution in [0.15, 0.2) is 121 Å². The van der Waals surface area contributed by atoms with Gasteiger partial charge in [-0.15, -0.1) is 0 Å². The summed E-state index contributed by atoms with van der Waals surface area (Å²) in [6.07, 6.45) is 8.65. The monoisotopic (exact) mass is 568 g/mol. The quantitative estimate of drug-likeness (QED) is 0.129. The molecule has 4 aromatic carbocycles. The fourth-order valence-corrected chi connectivity index (χ4v) is 4.08. The minimum Gasteiger partial charge on any atom is -0.211 e. The van der Waals surface area contributed by atoms with E-state index in [1.165, 1.54) is 36.4 Å². The number of isocyanates is 6. The van der Waals surface area contributed by atoms with Crippen LogP contribution >= 0.6 is 0 Å². The number of benzene rings is 4. The molecule has 0 heterocycles. The number of hydrogen-bond donors (Lipinski definition) is 0. The van der Waals surface area contributed by atoms with Gasteiger partial charge in [0.2, 0.25) is 36.5 Å². The van der Waals surface area contributed by atoms with E-state index in [1.54, 1.807) is 54.6 Å². The van der Waals surface area contributed by atoms with Crippen LogP contribution in [0.1, 0.15) is 22.6 Å². The zero-order valence-corrected chi connectivity index (χ0v) is 21.9. The lowest BCUT2D eigenvalue weighted by Gasteiger charge is -2.22. The zero-order valence-electron chi connectivity index (χ0n) is 21.9. The fourth-order valence-electron chi connectivity index (χ4n) is 4.08. The Balaban J connectivity index is 0.000000285. The van der Waals surface area contributed by atoms with Gasteiger partial charge in [0.05, 0.1) is 34.1 Å². The summed E-state index contributed by atoms with van der Waals surface area (Å²) in [5.74, 6) is -0.505. The topological polar surface area (TPSA) is 177 Å². The third-order valence-corrected chi connectivity index (χ3v) is 5.65. The van der Waals surface area contributed by atoms with Crippen LogP contribution in [0, 0.1) is 0 Å². The molecular formula is C31H16N6O6. The first-order valence-electron chi connectivity index (χ1n) is 12.0. The lowest BCUT2D eigenvalue weighted by atomic mass is 9.82. The maximum absolute atomic E-state index is 10.9. The Hall–Kier alpha value is -6.84. The molecule has 4 aromatic rings. The molecule has 0 aliphatic carbocycles. The summed E-state index contributed by atoms with van der Waals surface area (Å²) in [5.41, 5.74) is 3.84. The molecule has 0 aromatic heterocycles. The van der Waals surface area contributed by atoms with E-state index in [2.05, 4.69) is 30.0 Å². The third-order valence-electron chi connectivity index (χ3n) is 5.65. The molecular weight excluding hydrogens is 552 g/mol. The van der Waals surface area contributed by atoms with Crippen LogP contribution in [0.5, 0.6) is 0 Å². The summed E-state index contributed by atoms with van der Waals surface area (Å²) < 4.78 is 0. The van der Waals surface area contributed by atoms with Gasteiger partial charge in [0.1, 0.15) is 0 Å². The van der Waals surface area contributed by atoms with Crippen LogP contribution in [0.4, 0.5) is 34.1 Å². The van der Waals surface area contributed by atoms with Crippen molar-refractivity contribution < 1.29 is 28.8 Å².